The molecule has 0 bridgehead atoms. The average Bonchev–Trinajstić information content (AvgIpc) is 2.32. The molecular formula is C6H11BrN4O. The second-order valence-corrected chi connectivity index (χ2v) is 3.26. The smallest absolute Gasteiger partial charge is 0.153 e. The number of aromatic nitrogens is 3. The second kappa shape index (κ2) is 3.97. The molecule has 12 heavy (non-hydrogen) atoms. The normalized spacial score (nSPS) is 13.3. The number of hydrogen-bond donors (Lipinski definition) is 2. The number of aliphatic hydroxyl groups is 1. The molecular weight excluding hydrogens is 224 g/mol. The maximum atomic E-state index is 8.67. The highest BCUT2D eigenvalue weighted by atomic mass is 79.9. The van der Waals surface area contributed by atoms with Crippen LogP contribution in [0.1, 0.15) is 18.2 Å². The van der Waals surface area contributed by atoms with Gasteiger partial charge in [0, 0.05) is 13.7 Å². The number of aliphatic hydroxyl groups excluding tert-OH is 1. The fourth-order valence-corrected chi connectivity index (χ4v) is 1.63. The molecule has 68 valence electrons. The van der Waals surface area contributed by atoms with Gasteiger partial charge in [0.15, 0.2) is 4.60 Å². The van der Waals surface area contributed by atoms with E-state index in [9.17, 15) is 0 Å². The maximum Gasteiger partial charge on any atom is 0.153 e. The van der Waals surface area contributed by atoms with Crippen molar-refractivity contribution in [1.82, 2.24) is 15.0 Å². The average molecular weight is 235 g/mol. The summed E-state index contributed by atoms with van der Waals surface area (Å²) in [4.78, 5) is 0. The Morgan fingerprint density at radius 2 is 2.42 bits per heavy atom. The van der Waals surface area contributed by atoms with Gasteiger partial charge in [0.05, 0.1) is 11.7 Å². The third kappa shape index (κ3) is 1.82. The van der Waals surface area contributed by atoms with E-state index >= 15 is 0 Å². The van der Waals surface area contributed by atoms with E-state index in [-0.39, 0.29) is 12.6 Å². The van der Waals surface area contributed by atoms with Gasteiger partial charge in [-0.15, -0.1) is 5.10 Å². The molecule has 1 atom stereocenters. The van der Waals surface area contributed by atoms with Gasteiger partial charge in [-0.2, -0.15) is 0 Å². The summed E-state index contributed by atoms with van der Waals surface area (Å²) in [6.45, 7) is 0.0682. The van der Waals surface area contributed by atoms with Crippen LogP contribution in [0.15, 0.2) is 4.60 Å². The zero-order valence-corrected chi connectivity index (χ0v) is 8.32. The van der Waals surface area contributed by atoms with Gasteiger partial charge in [0.1, 0.15) is 0 Å². The lowest BCUT2D eigenvalue weighted by molar-refractivity contribution is 0.274. The molecule has 6 heteroatoms. The molecule has 0 aliphatic carbocycles. The van der Waals surface area contributed by atoms with Crippen molar-refractivity contribution in [1.29, 1.82) is 0 Å². The lowest BCUT2D eigenvalue weighted by Gasteiger charge is -2.09. The fraction of sp³-hybridized carbons (Fsp3) is 0.667. The summed E-state index contributed by atoms with van der Waals surface area (Å²) in [7, 11) is 1.77. The van der Waals surface area contributed by atoms with Gasteiger partial charge in [-0.1, -0.05) is 5.21 Å². The van der Waals surface area contributed by atoms with Crippen LogP contribution in [0.5, 0.6) is 0 Å². The van der Waals surface area contributed by atoms with Crippen molar-refractivity contribution in [2.45, 2.75) is 12.5 Å². The first-order valence-electron chi connectivity index (χ1n) is 3.58. The molecule has 0 saturated carbocycles. The van der Waals surface area contributed by atoms with Crippen LogP contribution in [-0.4, -0.2) is 26.7 Å². The Morgan fingerprint density at radius 1 is 1.75 bits per heavy atom. The van der Waals surface area contributed by atoms with Crippen LogP contribution >= 0.6 is 15.9 Å². The van der Waals surface area contributed by atoms with Crippen LogP contribution in [-0.2, 0) is 7.05 Å². The van der Waals surface area contributed by atoms with Gasteiger partial charge in [-0.05, 0) is 22.4 Å². The van der Waals surface area contributed by atoms with E-state index in [1.807, 2.05) is 0 Å². The molecule has 1 unspecified atom stereocenters. The topological polar surface area (TPSA) is 77.0 Å². The predicted molar refractivity (Wildman–Crippen MR) is 47.3 cm³/mol. The maximum absolute atomic E-state index is 8.67. The minimum Gasteiger partial charge on any atom is -0.396 e. The van der Waals surface area contributed by atoms with Crippen LogP contribution < -0.4 is 5.73 Å². The van der Waals surface area contributed by atoms with Crippen molar-refractivity contribution < 1.29 is 5.11 Å². The Kier molecular flexibility index (Phi) is 3.19. The zero-order chi connectivity index (χ0) is 9.14. The fourth-order valence-electron chi connectivity index (χ4n) is 1.01. The highest BCUT2D eigenvalue weighted by Gasteiger charge is 2.15. The van der Waals surface area contributed by atoms with Gasteiger partial charge < -0.3 is 10.8 Å². The van der Waals surface area contributed by atoms with Gasteiger partial charge in [-0.25, -0.2) is 4.68 Å². The minimum absolute atomic E-state index is 0.0682. The van der Waals surface area contributed by atoms with Crippen LogP contribution in [0.3, 0.4) is 0 Å². The number of halogens is 1. The summed E-state index contributed by atoms with van der Waals surface area (Å²) >= 11 is 3.23. The molecule has 0 aliphatic rings. The molecule has 0 spiro atoms. The number of nitrogens with two attached hydrogens (primary N) is 1. The first kappa shape index (κ1) is 9.63. The molecule has 0 aromatic carbocycles. The molecule has 1 aromatic rings. The Labute approximate surface area is 78.7 Å². The van der Waals surface area contributed by atoms with Gasteiger partial charge in [0.2, 0.25) is 0 Å². The van der Waals surface area contributed by atoms with Crippen molar-refractivity contribution in [2.24, 2.45) is 12.8 Å². The van der Waals surface area contributed by atoms with E-state index in [4.69, 9.17) is 10.8 Å². The standard InChI is InChI=1S/C6H11BrN4O/c1-11-5(4(8)2-3-12)6(7)9-10-11/h4,12H,2-3,8H2,1H3. The summed E-state index contributed by atoms with van der Waals surface area (Å²) in [5, 5.41) is 16.2. The summed E-state index contributed by atoms with van der Waals surface area (Å²) in [6, 6.07) is -0.218. The third-order valence-electron chi connectivity index (χ3n) is 1.62. The van der Waals surface area contributed by atoms with Gasteiger partial charge >= 0.3 is 0 Å². The summed E-state index contributed by atoms with van der Waals surface area (Å²) in [5.41, 5.74) is 6.57. The Bertz CT molecular complexity index is 243. The Morgan fingerprint density at radius 3 is 2.83 bits per heavy atom. The SMILES string of the molecule is Cn1nnc(Br)c1C(N)CCO. The highest BCUT2D eigenvalue weighted by Crippen LogP contribution is 2.20. The van der Waals surface area contributed by atoms with Crippen molar-refractivity contribution in [2.75, 3.05) is 6.61 Å². The van der Waals surface area contributed by atoms with E-state index in [2.05, 4.69) is 26.2 Å². The summed E-state index contributed by atoms with van der Waals surface area (Å²) < 4.78 is 2.25. The molecule has 1 heterocycles. The van der Waals surface area contributed by atoms with Crippen LogP contribution in [0, 0.1) is 0 Å². The van der Waals surface area contributed by atoms with E-state index in [1.165, 1.54) is 0 Å². The van der Waals surface area contributed by atoms with E-state index in [0.717, 1.165) is 5.69 Å². The molecule has 0 saturated heterocycles. The molecule has 0 aliphatic heterocycles. The largest absolute Gasteiger partial charge is 0.396 e. The van der Waals surface area contributed by atoms with E-state index in [1.54, 1.807) is 11.7 Å². The molecule has 3 N–H and O–H groups in total. The monoisotopic (exact) mass is 234 g/mol. The lowest BCUT2D eigenvalue weighted by atomic mass is 10.2. The zero-order valence-electron chi connectivity index (χ0n) is 6.74. The van der Waals surface area contributed by atoms with Crippen LogP contribution in [0.4, 0.5) is 0 Å². The number of rotatable bonds is 3. The summed E-state index contributed by atoms with van der Waals surface area (Å²) in [6.07, 6.45) is 0.514. The minimum atomic E-state index is -0.218. The highest BCUT2D eigenvalue weighted by molar-refractivity contribution is 9.10. The molecule has 1 rings (SSSR count). The first-order valence-corrected chi connectivity index (χ1v) is 4.37. The third-order valence-corrected chi connectivity index (χ3v) is 2.18. The van der Waals surface area contributed by atoms with Gasteiger partial charge in [0.25, 0.3) is 0 Å². The number of hydrogen-bond acceptors (Lipinski definition) is 4. The Balaban J connectivity index is 2.85. The van der Waals surface area contributed by atoms with Crippen LogP contribution in [0.25, 0.3) is 0 Å². The molecule has 0 fully saturated rings. The molecule has 5 nitrogen and oxygen atoms in total. The van der Waals surface area contributed by atoms with E-state index < -0.39 is 0 Å². The van der Waals surface area contributed by atoms with Crippen molar-refractivity contribution in [3.05, 3.63) is 10.3 Å². The predicted octanol–water partition coefficient (Wildman–Crippen LogP) is -0.0402. The first-order chi connectivity index (χ1) is 5.66. The van der Waals surface area contributed by atoms with E-state index in [0.29, 0.717) is 11.0 Å². The quantitative estimate of drug-likeness (QED) is 0.770. The molecule has 1 aromatic heterocycles. The van der Waals surface area contributed by atoms with Crippen LogP contribution in [0.2, 0.25) is 0 Å². The van der Waals surface area contributed by atoms with Crippen molar-refractivity contribution in [3.8, 4) is 0 Å². The number of nitrogens with zero attached hydrogens (tertiary/aromatic N) is 3. The summed E-state index contributed by atoms with van der Waals surface area (Å²) in [5.74, 6) is 0. The Hall–Kier alpha value is -0.460. The number of aryl methyl sites for hydroxylation is 1. The second-order valence-electron chi connectivity index (χ2n) is 2.51. The molecule has 0 radical (unpaired) electrons. The van der Waals surface area contributed by atoms with Crippen molar-refractivity contribution in [3.63, 3.8) is 0 Å². The lowest BCUT2D eigenvalue weighted by Crippen LogP contribution is -2.16. The van der Waals surface area contributed by atoms with Crippen molar-refractivity contribution >= 4 is 15.9 Å². The molecule has 0 amide bonds. The van der Waals surface area contributed by atoms with Gasteiger partial charge in [-0.3, -0.25) is 0 Å².